The summed E-state index contributed by atoms with van der Waals surface area (Å²) in [7, 11) is 1.59. The van der Waals surface area contributed by atoms with Gasteiger partial charge in [0.05, 0.1) is 23.9 Å². The molecule has 0 saturated heterocycles. The maximum Gasteiger partial charge on any atom is 0.326 e. The van der Waals surface area contributed by atoms with Crippen LogP contribution in [-0.2, 0) is 29.4 Å². The number of nitrogens with one attached hydrogen (secondary N) is 2. The molecule has 0 fully saturated rings. The number of aromatic nitrogens is 3. The van der Waals surface area contributed by atoms with Gasteiger partial charge in [0.2, 0.25) is 0 Å². The normalized spacial score (nSPS) is 13.9. The number of anilines is 1. The first-order chi connectivity index (χ1) is 17.7. The third-order valence-corrected chi connectivity index (χ3v) is 6.69. The van der Waals surface area contributed by atoms with Gasteiger partial charge in [0, 0.05) is 32.4 Å². The van der Waals surface area contributed by atoms with Gasteiger partial charge in [0.1, 0.15) is 17.6 Å². The van der Waals surface area contributed by atoms with Crippen molar-refractivity contribution in [1.82, 2.24) is 25.0 Å². The fourth-order valence-corrected chi connectivity index (χ4v) is 4.62. The van der Waals surface area contributed by atoms with Crippen LogP contribution in [0.25, 0.3) is 0 Å². The quantitative estimate of drug-likeness (QED) is 0.298. The highest BCUT2D eigenvalue weighted by molar-refractivity contribution is 6.33. The molecule has 10 nitrogen and oxygen atoms in total. The number of hydrogen-bond acceptors (Lipinski definition) is 7. The Morgan fingerprint density at radius 1 is 1.27 bits per heavy atom. The number of carboxylic acids is 1. The number of carbonyl (C=O) groups is 2. The predicted molar refractivity (Wildman–Crippen MR) is 143 cm³/mol. The SMILES string of the molecule is CC(C)OCCN(CCCCc1ccc2c(n1)NCCC2)CCC(NC(=O)c1c(Cl)cnn1C)C(=O)O. The Balaban J connectivity index is 1.51. The lowest BCUT2D eigenvalue weighted by atomic mass is 10.1. The maximum absolute atomic E-state index is 12.6. The molecule has 1 aliphatic heterocycles. The van der Waals surface area contributed by atoms with Crippen molar-refractivity contribution in [2.75, 3.05) is 38.1 Å². The molecule has 0 spiro atoms. The van der Waals surface area contributed by atoms with Crippen molar-refractivity contribution in [1.29, 1.82) is 0 Å². The Kier molecular flexibility index (Phi) is 11.2. The summed E-state index contributed by atoms with van der Waals surface area (Å²) in [5.41, 5.74) is 2.52. The minimum Gasteiger partial charge on any atom is -0.480 e. The molecule has 0 bridgehead atoms. The molecule has 37 heavy (non-hydrogen) atoms. The van der Waals surface area contributed by atoms with E-state index in [1.54, 1.807) is 7.05 Å². The standard InChI is InChI=1S/C26H39ClN6O4/c1-18(2)37-16-15-33(13-5-4-8-20-10-9-19-7-6-12-28-24(19)30-20)14-11-22(26(35)36)31-25(34)23-21(27)17-29-32(23)3/h9-10,17-18,22H,4-8,11-16H2,1-3H3,(H,28,30)(H,31,34)(H,35,36). The summed E-state index contributed by atoms with van der Waals surface area (Å²) in [6.07, 6.45) is 6.79. The van der Waals surface area contributed by atoms with Crippen LogP contribution >= 0.6 is 11.6 Å². The van der Waals surface area contributed by atoms with Gasteiger partial charge in [0.15, 0.2) is 0 Å². The number of hydrogen-bond donors (Lipinski definition) is 3. The topological polar surface area (TPSA) is 122 Å². The number of ether oxygens (including phenoxy) is 1. The lowest BCUT2D eigenvalue weighted by Gasteiger charge is -2.25. The van der Waals surface area contributed by atoms with E-state index >= 15 is 0 Å². The van der Waals surface area contributed by atoms with E-state index in [1.165, 1.54) is 16.4 Å². The van der Waals surface area contributed by atoms with Crippen molar-refractivity contribution in [3.05, 3.63) is 40.3 Å². The number of nitrogens with zero attached hydrogens (tertiary/aromatic N) is 4. The summed E-state index contributed by atoms with van der Waals surface area (Å²) >= 11 is 6.04. The first kappa shape index (κ1) is 28.9. The van der Waals surface area contributed by atoms with Crippen LogP contribution in [0.4, 0.5) is 5.82 Å². The molecule has 1 aliphatic rings. The maximum atomic E-state index is 12.6. The molecule has 0 aliphatic carbocycles. The zero-order valence-corrected chi connectivity index (χ0v) is 22.8. The van der Waals surface area contributed by atoms with Gasteiger partial charge in [0.25, 0.3) is 5.91 Å². The van der Waals surface area contributed by atoms with Crippen LogP contribution in [0.5, 0.6) is 0 Å². The number of carboxylic acid groups (broad SMARTS) is 1. The highest BCUT2D eigenvalue weighted by Gasteiger charge is 2.24. The number of amides is 1. The number of rotatable bonds is 15. The van der Waals surface area contributed by atoms with E-state index in [0.29, 0.717) is 19.7 Å². The summed E-state index contributed by atoms with van der Waals surface area (Å²) in [6.45, 7) is 7.52. The smallest absolute Gasteiger partial charge is 0.326 e. The Hall–Kier alpha value is -2.69. The molecule has 2 aromatic heterocycles. The fraction of sp³-hybridized carbons (Fsp3) is 0.615. The van der Waals surface area contributed by atoms with Crippen molar-refractivity contribution in [2.24, 2.45) is 7.05 Å². The Labute approximate surface area is 223 Å². The molecule has 3 heterocycles. The first-order valence-corrected chi connectivity index (χ1v) is 13.4. The average molecular weight is 535 g/mol. The molecule has 11 heteroatoms. The minimum absolute atomic E-state index is 0.125. The second kappa shape index (κ2) is 14.3. The van der Waals surface area contributed by atoms with E-state index in [9.17, 15) is 14.7 Å². The molecule has 0 radical (unpaired) electrons. The number of pyridine rings is 1. The highest BCUT2D eigenvalue weighted by atomic mass is 35.5. The molecule has 204 valence electrons. The molecule has 0 saturated carbocycles. The van der Waals surface area contributed by atoms with Crippen LogP contribution in [-0.4, -0.2) is 81.6 Å². The molecule has 2 aromatic rings. The first-order valence-electron chi connectivity index (χ1n) is 13.0. The molecule has 1 amide bonds. The van der Waals surface area contributed by atoms with E-state index in [0.717, 1.165) is 56.7 Å². The molecule has 0 aromatic carbocycles. The second-order valence-corrected chi connectivity index (χ2v) is 10.1. The Morgan fingerprint density at radius 2 is 2.08 bits per heavy atom. The summed E-state index contributed by atoms with van der Waals surface area (Å²) in [6, 6.07) is 3.26. The average Bonchev–Trinajstić information content (AvgIpc) is 3.20. The zero-order chi connectivity index (χ0) is 26.8. The van der Waals surface area contributed by atoms with E-state index in [2.05, 4.69) is 32.8 Å². The lowest BCUT2D eigenvalue weighted by Crippen LogP contribution is -2.44. The number of carbonyl (C=O) groups excluding carboxylic acids is 1. The second-order valence-electron chi connectivity index (χ2n) is 9.68. The van der Waals surface area contributed by atoms with Gasteiger partial charge in [-0.1, -0.05) is 17.7 Å². The number of unbranched alkanes of at least 4 members (excludes halogenated alkanes) is 1. The van der Waals surface area contributed by atoms with Gasteiger partial charge in [-0.15, -0.1) is 0 Å². The number of aryl methyl sites for hydroxylation is 3. The van der Waals surface area contributed by atoms with Crippen molar-refractivity contribution in [3.8, 4) is 0 Å². The van der Waals surface area contributed by atoms with Crippen molar-refractivity contribution >= 4 is 29.3 Å². The van der Waals surface area contributed by atoms with Crippen LogP contribution in [0.2, 0.25) is 5.02 Å². The van der Waals surface area contributed by atoms with Gasteiger partial charge in [-0.2, -0.15) is 5.10 Å². The zero-order valence-electron chi connectivity index (χ0n) is 22.0. The van der Waals surface area contributed by atoms with Crippen LogP contribution in [0.15, 0.2) is 18.3 Å². The van der Waals surface area contributed by atoms with E-state index in [1.807, 2.05) is 13.8 Å². The van der Waals surface area contributed by atoms with Gasteiger partial charge < -0.3 is 25.4 Å². The molecular formula is C26H39ClN6O4. The van der Waals surface area contributed by atoms with Crippen LogP contribution < -0.4 is 10.6 Å². The monoisotopic (exact) mass is 534 g/mol. The van der Waals surface area contributed by atoms with Crippen molar-refractivity contribution in [3.63, 3.8) is 0 Å². The van der Waals surface area contributed by atoms with Gasteiger partial charge in [-0.05, 0) is 70.5 Å². The van der Waals surface area contributed by atoms with Crippen LogP contribution in [0.3, 0.4) is 0 Å². The minimum atomic E-state index is -1.09. The van der Waals surface area contributed by atoms with Crippen molar-refractivity contribution in [2.45, 2.75) is 64.5 Å². The lowest BCUT2D eigenvalue weighted by molar-refractivity contribution is -0.139. The summed E-state index contributed by atoms with van der Waals surface area (Å²) in [5, 5.41) is 19.8. The van der Waals surface area contributed by atoms with Crippen molar-refractivity contribution < 1.29 is 19.4 Å². The van der Waals surface area contributed by atoms with Gasteiger partial charge in [-0.25, -0.2) is 9.78 Å². The van der Waals surface area contributed by atoms with E-state index in [-0.39, 0.29) is 23.2 Å². The molecule has 3 rings (SSSR count). The number of aliphatic carboxylic acids is 1. The van der Waals surface area contributed by atoms with Gasteiger partial charge >= 0.3 is 5.97 Å². The predicted octanol–water partition coefficient (Wildman–Crippen LogP) is 3.15. The third kappa shape index (κ3) is 8.98. The van der Waals surface area contributed by atoms with Crippen LogP contribution in [0.1, 0.15) is 61.3 Å². The summed E-state index contributed by atoms with van der Waals surface area (Å²) in [4.78, 5) is 31.5. The van der Waals surface area contributed by atoms with Gasteiger partial charge in [-0.3, -0.25) is 9.48 Å². The molecular weight excluding hydrogens is 496 g/mol. The van der Waals surface area contributed by atoms with E-state index < -0.39 is 17.9 Å². The molecule has 1 unspecified atom stereocenters. The number of halogens is 1. The molecule has 3 N–H and O–H groups in total. The van der Waals surface area contributed by atoms with Crippen LogP contribution in [0, 0.1) is 0 Å². The Bertz CT molecular complexity index is 1020. The molecule has 1 atom stereocenters. The summed E-state index contributed by atoms with van der Waals surface area (Å²) in [5.74, 6) is -0.623. The third-order valence-electron chi connectivity index (χ3n) is 6.41. The Morgan fingerprint density at radius 3 is 2.78 bits per heavy atom. The highest BCUT2D eigenvalue weighted by Crippen LogP contribution is 2.20. The largest absolute Gasteiger partial charge is 0.480 e. The number of fused-ring (bicyclic) bond motifs is 1. The van der Waals surface area contributed by atoms with E-state index in [4.69, 9.17) is 21.3 Å². The summed E-state index contributed by atoms with van der Waals surface area (Å²) < 4.78 is 7.06. The fourth-order valence-electron chi connectivity index (χ4n) is 4.36.